The Morgan fingerprint density at radius 2 is 1.24 bits per heavy atom. The topological polar surface area (TPSA) is 18.5 Å². The van der Waals surface area contributed by atoms with Crippen LogP contribution in [-0.4, -0.2) is 6.11 Å². The third-order valence-corrected chi connectivity index (χ3v) is 8.15. The molecule has 4 rings (SSSR count). The maximum Gasteiger partial charge on any atom is 0.426 e. The van der Waals surface area contributed by atoms with E-state index >= 15 is 0 Å². The van der Waals surface area contributed by atoms with Crippen LogP contribution in [0.25, 0.3) is 0 Å². The molecule has 0 spiro atoms. The minimum atomic E-state index is -4.06. The molecule has 2 aliphatic rings. The Morgan fingerprint density at radius 3 is 1.76 bits per heavy atom. The van der Waals surface area contributed by atoms with E-state index in [0.29, 0.717) is 24.7 Å². The Hall–Kier alpha value is -2.45. The highest BCUT2D eigenvalue weighted by molar-refractivity contribution is 5.31. The molecule has 0 heterocycles. The van der Waals surface area contributed by atoms with E-state index in [-0.39, 0.29) is 17.9 Å². The molecule has 38 heavy (non-hydrogen) atoms. The molecule has 0 aliphatic heterocycles. The molecule has 0 unspecified atom stereocenters. The van der Waals surface area contributed by atoms with Crippen LogP contribution in [0.1, 0.15) is 76.7 Å². The third kappa shape index (κ3) is 6.75. The molecule has 0 saturated heterocycles. The number of halogens is 7. The summed E-state index contributed by atoms with van der Waals surface area (Å²) in [5.74, 6) is -5.48. The third-order valence-electron chi connectivity index (χ3n) is 8.15. The Labute approximate surface area is 218 Å². The molecule has 0 aromatic heterocycles. The normalized spacial score (nSPS) is 24.7. The fraction of sp³-hybridized carbons (Fsp3) is 0.586. The second-order valence-corrected chi connectivity index (χ2v) is 10.7. The first kappa shape index (κ1) is 28.6. The smallest absolute Gasteiger partial charge is 0.426 e. The molecule has 2 fully saturated rings. The molecular weight excluding hydrogens is 513 g/mol. The summed E-state index contributed by atoms with van der Waals surface area (Å²) < 4.78 is 108. The van der Waals surface area contributed by atoms with Gasteiger partial charge < -0.3 is 9.47 Å². The Morgan fingerprint density at radius 1 is 0.711 bits per heavy atom. The second kappa shape index (κ2) is 11.7. The van der Waals surface area contributed by atoms with Crippen LogP contribution in [-0.2, 0) is 6.11 Å². The highest BCUT2D eigenvalue weighted by atomic mass is 19.3. The SMILES string of the molecule is CCCC1CCC(C2CCC(C(F)(F)Oc3ccc(C(F)(F)Oc4cc(F)c(F)c(F)c4)cc3)CC2)CC1. The summed E-state index contributed by atoms with van der Waals surface area (Å²) in [6, 6.07) is 4.16. The molecule has 0 amide bonds. The van der Waals surface area contributed by atoms with Crippen LogP contribution in [0, 0.1) is 41.1 Å². The van der Waals surface area contributed by atoms with E-state index in [1.54, 1.807) is 0 Å². The summed E-state index contributed by atoms with van der Waals surface area (Å²) in [5, 5.41) is 0. The van der Waals surface area contributed by atoms with Crippen molar-refractivity contribution in [3.63, 3.8) is 0 Å². The molecule has 0 bridgehead atoms. The van der Waals surface area contributed by atoms with E-state index in [1.165, 1.54) is 38.5 Å². The number of hydrogen-bond acceptors (Lipinski definition) is 2. The first-order chi connectivity index (χ1) is 18.0. The molecule has 0 N–H and O–H groups in total. The number of rotatable bonds is 9. The fourth-order valence-corrected chi connectivity index (χ4v) is 6.04. The molecule has 2 aliphatic carbocycles. The van der Waals surface area contributed by atoms with Crippen molar-refractivity contribution in [2.45, 2.75) is 83.3 Å². The molecule has 9 heteroatoms. The molecule has 0 atom stereocenters. The lowest BCUT2D eigenvalue weighted by Crippen LogP contribution is -2.38. The van der Waals surface area contributed by atoms with Gasteiger partial charge in [0, 0.05) is 12.1 Å². The molecular formula is C29H33F7O2. The lowest BCUT2D eigenvalue weighted by molar-refractivity contribution is -0.224. The van der Waals surface area contributed by atoms with Crippen molar-refractivity contribution in [3.05, 3.63) is 59.4 Å². The maximum atomic E-state index is 14.9. The van der Waals surface area contributed by atoms with Gasteiger partial charge in [-0.2, -0.15) is 17.6 Å². The maximum absolute atomic E-state index is 14.9. The summed E-state index contributed by atoms with van der Waals surface area (Å²) in [6.07, 6.45) is 1.94. The average Bonchev–Trinajstić information content (AvgIpc) is 2.88. The molecule has 210 valence electrons. The average molecular weight is 547 g/mol. The minimum absolute atomic E-state index is 0.287. The van der Waals surface area contributed by atoms with Gasteiger partial charge in [-0.05, 0) is 80.5 Å². The van der Waals surface area contributed by atoms with Gasteiger partial charge >= 0.3 is 12.2 Å². The predicted octanol–water partition coefficient (Wildman–Crippen LogP) is 9.62. The van der Waals surface area contributed by atoms with Crippen molar-refractivity contribution in [2.75, 3.05) is 0 Å². The molecule has 2 aromatic carbocycles. The van der Waals surface area contributed by atoms with Crippen LogP contribution in [0.4, 0.5) is 30.7 Å². The lowest BCUT2D eigenvalue weighted by atomic mass is 9.68. The summed E-state index contributed by atoms with van der Waals surface area (Å²) in [4.78, 5) is 0. The van der Waals surface area contributed by atoms with Gasteiger partial charge in [-0.3, -0.25) is 0 Å². The highest BCUT2D eigenvalue weighted by Crippen LogP contribution is 2.46. The summed E-state index contributed by atoms with van der Waals surface area (Å²) >= 11 is 0. The standard InChI is InChI=1S/C29H33F7O2/c1-2-3-18-4-6-19(7-5-18)20-8-10-21(11-9-20)28(33,34)37-23-14-12-22(13-15-23)29(35,36)38-24-16-25(30)27(32)26(31)17-24/h12-21H,2-11H2,1H3. The van der Waals surface area contributed by atoms with Crippen molar-refractivity contribution in [1.82, 2.24) is 0 Å². The van der Waals surface area contributed by atoms with E-state index in [2.05, 4.69) is 11.7 Å². The summed E-state index contributed by atoms with van der Waals surface area (Å²) in [7, 11) is 0. The van der Waals surface area contributed by atoms with E-state index in [1.807, 2.05) is 0 Å². The fourth-order valence-electron chi connectivity index (χ4n) is 6.04. The Bertz CT molecular complexity index is 1030. The Balaban J connectivity index is 1.31. The van der Waals surface area contributed by atoms with Gasteiger partial charge in [0.05, 0.1) is 11.5 Å². The summed E-state index contributed by atoms with van der Waals surface area (Å²) in [6.45, 7) is 2.20. The van der Waals surface area contributed by atoms with Gasteiger partial charge in [-0.15, -0.1) is 0 Å². The Kier molecular flexibility index (Phi) is 8.82. The van der Waals surface area contributed by atoms with Crippen molar-refractivity contribution in [3.8, 4) is 11.5 Å². The number of ether oxygens (including phenoxy) is 2. The van der Waals surface area contributed by atoms with Crippen LogP contribution < -0.4 is 9.47 Å². The van der Waals surface area contributed by atoms with Crippen molar-refractivity contribution in [2.24, 2.45) is 23.7 Å². The van der Waals surface area contributed by atoms with E-state index in [9.17, 15) is 30.7 Å². The van der Waals surface area contributed by atoms with Crippen LogP contribution in [0.3, 0.4) is 0 Å². The second-order valence-electron chi connectivity index (χ2n) is 10.7. The van der Waals surface area contributed by atoms with Crippen LogP contribution >= 0.6 is 0 Å². The van der Waals surface area contributed by atoms with Gasteiger partial charge in [-0.25, -0.2) is 13.2 Å². The number of alkyl halides is 4. The predicted molar refractivity (Wildman–Crippen MR) is 129 cm³/mol. The largest absolute Gasteiger partial charge is 0.432 e. The molecule has 0 radical (unpaired) electrons. The van der Waals surface area contributed by atoms with Gasteiger partial charge in [-0.1, -0.05) is 32.6 Å². The lowest BCUT2D eigenvalue weighted by Gasteiger charge is -2.39. The van der Waals surface area contributed by atoms with Gasteiger partial charge in [0.15, 0.2) is 17.5 Å². The van der Waals surface area contributed by atoms with Crippen molar-refractivity contribution >= 4 is 0 Å². The van der Waals surface area contributed by atoms with Crippen LogP contribution in [0.15, 0.2) is 36.4 Å². The van der Waals surface area contributed by atoms with Crippen molar-refractivity contribution < 1.29 is 40.2 Å². The van der Waals surface area contributed by atoms with E-state index < -0.39 is 46.9 Å². The first-order valence-electron chi connectivity index (χ1n) is 13.4. The number of benzene rings is 2. The zero-order chi connectivity index (χ0) is 27.5. The van der Waals surface area contributed by atoms with E-state index in [0.717, 1.165) is 43.0 Å². The summed E-state index contributed by atoms with van der Waals surface area (Å²) in [5.41, 5.74) is -0.757. The number of hydrogen-bond donors (Lipinski definition) is 0. The molecule has 2 aromatic rings. The molecule has 2 nitrogen and oxygen atoms in total. The zero-order valence-electron chi connectivity index (χ0n) is 21.3. The monoisotopic (exact) mass is 546 g/mol. The first-order valence-corrected chi connectivity index (χ1v) is 13.4. The minimum Gasteiger partial charge on any atom is -0.432 e. The van der Waals surface area contributed by atoms with Gasteiger partial charge in [0.25, 0.3) is 0 Å². The molecule has 2 saturated carbocycles. The van der Waals surface area contributed by atoms with Gasteiger partial charge in [0.1, 0.15) is 11.5 Å². The quantitative estimate of drug-likeness (QED) is 0.230. The highest BCUT2D eigenvalue weighted by Gasteiger charge is 2.45. The van der Waals surface area contributed by atoms with Gasteiger partial charge in [0.2, 0.25) is 0 Å². The van der Waals surface area contributed by atoms with Crippen LogP contribution in [0.5, 0.6) is 11.5 Å². The zero-order valence-corrected chi connectivity index (χ0v) is 21.3. The van der Waals surface area contributed by atoms with E-state index in [4.69, 9.17) is 4.74 Å². The van der Waals surface area contributed by atoms with Crippen molar-refractivity contribution in [1.29, 1.82) is 0 Å². The van der Waals surface area contributed by atoms with Crippen LogP contribution in [0.2, 0.25) is 0 Å².